The van der Waals surface area contributed by atoms with E-state index in [-0.39, 0.29) is 96.9 Å². The number of phenols is 1. The minimum Gasteiger partial charge on any atom is -0.508 e. The molecule has 2 fully saturated rings. The molecule has 12 rings (SSSR count). The molecule has 0 aromatic heterocycles. The minimum absolute atomic E-state index is 0.0456. The van der Waals surface area contributed by atoms with Crippen LogP contribution in [0.5, 0.6) is 28.7 Å². The summed E-state index contributed by atoms with van der Waals surface area (Å²) < 4.78 is 29.7. The van der Waals surface area contributed by atoms with E-state index < -0.39 is 79.0 Å². The van der Waals surface area contributed by atoms with Crippen LogP contribution in [0, 0.1) is 23.2 Å². The number of anilines is 3. The summed E-state index contributed by atoms with van der Waals surface area (Å²) in [5.74, 6) is 2.90. The fraction of sp³-hybridized carbons (Fsp3) is 0.342. The van der Waals surface area contributed by atoms with E-state index in [1.807, 2.05) is 42.5 Å². The van der Waals surface area contributed by atoms with Crippen molar-refractivity contribution in [1.29, 1.82) is 0 Å². The number of rotatable bonds is 24. The number of aliphatic hydroxyl groups excluding tert-OH is 1. The molecule has 5 heterocycles. The van der Waals surface area contributed by atoms with Crippen molar-refractivity contribution in [3.05, 3.63) is 166 Å². The molecular formula is C76H78N10O16. The van der Waals surface area contributed by atoms with Crippen molar-refractivity contribution in [3.8, 4) is 40.6 Å². The average Bonchev–Trinajstić information content (AvgIpc) is 1.51. The Morgan fingerprint density at radius 2 is 1.37 bits per heavy atom. The maximum atomic E-state index is 14.5. The Labute approximate surface area is 588 Å². The number of hydrogen-bond acceptors (Lipinski definition) is 17. The first kappa shape index (κ1) is 70.2. The van der Waals surface area contributed by atoms with Crippen LogP contribution in [0.15, 0.2) is 133 Å². The molecule has 1 saturated carbocycles. The zero-order valence-electron chi connectivity index (χ0n) is 56.9. The molecule has 1 saturated heterocycles. The first-order chi connectivity index (χ1) is 49.2. The number of phenolic OH excluding ortho intramolecular Hbond substituents is 1. The van der Waals surface area contributed by atoms with Crippen LogP contribution in [0.3, 0.4) is 0 Å². The molecule has 6 aliphatic rings. The normalized spacial score (nSPS) is 17.7. The molecule has 6 aromatic rings. The van der Waals surface area contributed by atoms with Gasteiger partial charge in [0.25, 0.3) is 11.8 Å². The Balaban J connectivity index is 0.606. The SMILES string of the molecule is COc1cc2c(cc1OCCCOc1cc3c(cc1OC)C(=O)N1CC4(CC4)C[C@H]1C(O)N3C(=O)OCc1ccc(NC(=O)[C@H](C)NC(=O)[C@@H](NC(=O)CNC(=O)CNC(=O)CCC(=O)N3Cc4ccccc4C#Cc4ccccc43)C(C)C)cc1)N=C[C@@H]1CC(c3ccc(O)cc3)=CN1C2=O. The van der Waals surface area contributed by atoms with E-state index in [9.17, 15) is 53.4 Å². The van der Waals surface area contributed by atoms with Gasteiger partial charge < -0.3 is 75.2 Å². The van der Waals surface area contributed by atoms with Crippen molar-refractivity contribution in [1.82, 2.24) is 31.1 Å². The smallest absolute Gasteiger partial charge is 0.416 e. The van der Waals surface area contributed by atoms with E-state index in [0.29, 0.717) is 71.1 Å². The van der Waals surface area contributed by atoms with E-state index in [1.54, 1.807) is 108 Å². The monoisotopic (exact) mass is 1390 g/mol. The lowest BCUT2D eigenvalue weighted by atomic mass is 10.0. The number of nitrogens with one attached hydrogen (secondary N) is 5. The second-order valence-electron chi connectivity index (χ2n) is 26.3. The third kappa shape index (κ3) is 15.7. The number of carbonyl (C=O) groups excluding carboxylic acids is 9. The Morgan fingerprint density at radius 1 is 0.706 bits per heavy atom. The number of fused-ring (bicyclic) bond motifs is 6. The van der Waals surface area contributed by atoms with Crippen LogP contribution in [0.25, 0.3) is 5.57 Å². The molecule has 1 spiro atoms. The molecule has 102 heavy (non-hydrogen) atoms. The Hall–Kier alpha value is -11.7. The predicted molar refractivity (Wildman–Crippen MR) is 375 cm³/mol. The van der Waals surface area contributed by atoms with Gasteiger partial charge in [-0.2, -0.15) is 0 Å². The van der Waals surface area contributed by atoms with Gasteiger partial charge >= 0.3 is 6.09 Å². The molecular weight excluding hydrogens is 1310 g/mol. The molecule has 7 N–H and O–H groups in total. The molecule has 5 atom stereocenters. The third-order valence-electron chi connectivity index (χ3n) is 18.8. The van der Waals surface area contributed by atoms with Crippen molar-refractivity contribution in [2.24, 2.45) is 16.3 Å². The van der Waals surface area contributed by atoms with Crippen LogP contribution in [-0.4, -0.2) is 157 Å². The van der Waals surface area contributed by atoms with E-state index in [0.717, 1.165) is 40.0 Å². The van der Waals surface area contributed by atoms with E-state index >= 15 is 0 Å². The van der Waals surface area contributed by atoms with Crippen LogP contribution < -0.4 is 55.3 Å². The van der Waals surface area contributed by atoms with Crippen LogP contribution in [0.2, 0.25) is 0 Å². The number of benzene rings is 6. The lowest BCUT2D eigenvalue weighted by Gasteiger charge is -2.31. The van der Waals surface area contributed by atoms with Gasteiger partial charge in [0.15, 0.2) is 29.2 Å². The van der Waals surface area contributed by atoms with Crippen molar-refractivity contribution in [2.75, 3.05) is 62.2 Å². The number of aliphatic hydroxyl groups is 1. The topological polar surface area (TPSA) is 326 Å². The Bertz CT molecular complexity index is 4430. The van der Waals surface area contributed by atoms with Crippen LogP contribution in [0.4, 0.5) is 27.5 Å². The highest BCUT2D eigenvalue weighted by atomic mass is 16.6. The summed E-state index contributed by atoms with van der Waals surface area (Å²) in [6.45, 7) is 4.43. The number of para-hydroxylation sites is 1. The van der Waals surface area contributed by atoms with Crippen molar-refractivity contribution in [2.45, 2.75) is 109 Å². The van der Waals surface area contributed by atoms with E-state index in [4.69, 9.17) is 23.7 Å². The summed E-state index contributed by atoms with van der Waals surface area (Å²) >= 11 is 0. The van der Waals surface area contributed by atoms with Crippen LogP contribution >= 0.6 is 0 Å². The first-order valence-electron chi connectivity index (χ1n) is 33.7. The largest absolute Gasteiger partial charge is 0.508 e. The maximum absolute atomic E-state index is 14.5. The minimum atomic E-state index is -1.51. The summed E-state index contributed by atoms with van der Waals surface area (Å²) in [4.78, 5) is 133. The molecule has 1 unspecified atom stereocenters. The molecule has 528 valence electrons. The molecule has 0 radical (unpaired) electrons. The van der Waals surface area contributed by atoms with Crippen LogP contribution in [0.1, 0.15) is 114 Å². The van der Waals surface area contributed by atoms with Crippen molar-refractivity contribution >= 4 is 87.9 Å². The fourth-order valence-electron chi connectivity index (χ4n) is 13.0. The van der Waals surface area contributed by atoms with Gasteiger partial charge in [0.1, 0.15) is 24.4 Å². The lowest BCUT2D eigenvalue weighted by Crippen LogP contribution is -2.55. The molecule has 26 nitrogen and oxygen atoms in total. The number of ether oxygens (including phenoxy) is 5. The van der Waals surface area contributed by atoms with Gasteiger partial charge in [-0.3, -0.25) is 43.3 Å². The molecule has 26 heteroatoms. The Morgan fingerprint density at radius 3 is 2.09 bits per heavy atom. The highest BCUT2D eigenvalue weighted by Gasteiger charge is 2.58. The number of aromatic hydroxyl groups is 1. The third-order valence-corrected chi connectivity index (χ3v) is 18.8. The quantitative estimate of drug-likeness (QED) is 0.0232. The highest BCUT2D eigenvalue weighted by Crippen LogP contribution is 2.57. The summed E-state index contributed by atoms with van der Waals surface area (Å²) in [5.41, 5.74) is 6.35. The fourth-order valence-corrected chi connectivity index (χ4v) is 13.0. The number of methoxy groups -OCH3 is 2. The van der Waals surface area contributed by atoms with Gasteiger partial charge in [-0.25, -0.2) is 9.69 Å². The standard InChI is InChI=1S/C76H78N10O16/c1-44(2)69(82-67(90)39-79-66(89)38-78-65(88)25-26-68(91)84-40-50-13-7-6-11-47(50)17-18-49-12-8-9-14-58(49)84)71(93)80-45(3)70(92)81-52-21-15-46(16-22-52)42-102-75(97)86-59-35-64(62(99-5)33-56(59)73(95)85-43-76(27-28-76)36-60(85)74(86)96)101-30-10-29-100-63-34-57-55(32-61(63)98-4)72(94)83-41-51(31-53(83)37-77-57)48-19-23-54(87)24-20-48/h6-9,11-16,19-24,32-35,37,41,44-45,53,60,69,74,87,96H,10,25-31,36,38-40,42-43H2,1-5H3,(H,78,88)(H,79,89)(H,80,93)(H,81,92)(H,82,90)/t45-,53-,60-,69-,74?/m0/s1. The first-order valence-corrected chi connectivity index (χ1v) is 33.7. The van der Waals surface area contributed by atoms with Crippen LogP contribution in [-0.2, 0) is 46.7 Å². The summed E-state index contributed by atoms with van der Waals surface area (Å²) in [6.07, 6.45) is 3.83. The van der Waals surface area contributed by atoms with Crippen molar-refractivity contribution in [3.63, 3.8) is 0 Å². The number of amides is 9. The molecule has 9 amide bonds. The van der Waals surface area contributed by atoms with Gasteiger partial charge in [-0.1, -0.05) is 80.3 Å². The summed E-state index contributed by atoms with van der Waals surface area (Å²) in [5, 5.41) is 34.8. The molecule has 5 aliphatic heterocycles. The summed E-state index contributed by atoms with van der Waals surface area (Å²) in [6, 6.07) is 30.9. The number of hydrogen-bond donors (Lipinski definition) is 7. The van der Waals surface area contributed by atoms with Gasteiger partial charge in [0.05, 0.1) is 87.3 Å². The van der Waals surface area contributed by atoms with Gasteiger partial charge in [0.2, 0.25) is 35.4 Å². The number of nitrogens with zero attached hydrogens (tertiary/aromatic N) is 5. The molecule has 6 aromatic carbocycles. The highest BCUT2D eigenvalue weighted by molar-refractivity contribution is 6.07. The van der Waals surface area contributed by atoms with Gasteiger partial charge in [-0.15, -0.1) is 0 Å². The van der Waals surface area contributed by atoms with Gasteiger partial charge in [-0.05, 0) is 114 Å². The Kier molecular flexibility index (Phi) is 20.9. The zero-order valence-corrected chi connectivity index (χ0v) is 56.9. The van der Waals surface area contributed by atoms with E-state index in [2.05, 4.69) is 43.4 Å². The molecule has 0 bridgehead atoms. The molecule has 1 aliphatic carbocycles. The zero-order chi connectivity index (χ0) is 71.9. The van der Waals surface area contributed by atoms with Gasteiger partial charge in [0, 0.05) is 73.6 Å². The summed E-state index contributed by atoms with van der Waals surface area (Å²) in [7, 11) is 2.90. The maximum Gasteiger partial charge on any atom is 0.416 e. The number of carbonyl (C=O) groups is 9. The average molecular weight is 1390 g/mol. The second-order valence-corrected chi connectivity index (χ2v) is 26.3. The second kappa shape index (κ2) is 30.4. The van der Waals surface area contributed by atoms with E-state index in [1.165, 1.54) is 33.3 Å². The lowest BCUT2D eigenvalue weighted by molar-refractivity contribution is -0.132. The number of aliphatic imine (C=N–C) groups is 1. The van der Waals surface area contributed by atoms with Crippen molar-refractivity contribution < 1.29 is 77.0 Å². The predicted octanol–water partition coefficient (Wildman–Crippen LogP) is 7.24.